The number of rotatable bonds is 7. The molecule has 190 valence electrons. The minimum atomic E-state index is -1.19. The molecule has 4 atom stereocenters. The van der Waals surface area contributed by atoms with Gasteiger partial charge >= 0.3 is 11.9 Å². The van der Waals surface area contributed by atoms with Crippen molar-refractivity contribution >= 4 is 59.1 Å². The minimum absolute atomic E-state index is 0.0521. The Kier molecular flexibility index (Phi) is 7.00. The Morgan fingerprint density at radius 3 is 1.47 bits per heavy atom. The van der Waals surface area contributed by atoms with E-state index in [2.05, 4.69) is 10.6 Å². The summed E-state index contributed by atoms with van der Waals surface area (Å²) in [6.07, 6.45) is 4.81. The van der Waals surface area contributed by atoms with Crippen molar-refractivity contribution in [3.63, 3.8) is 0 Å². The van der Waals surface area contributed by atoms with Crippen LogP contribution >= 0.6 is 23.5 Å². The third-order valence-corrected chi connectivity index (χ3v) is 8.77. The van der Waals surface area contributed by atoms with Crippen LogP contribution in [-0.4, -0.2) is 89.9 Å². The third kappa shape index (κ3) is 4.41. The molecule has 0 aromatic rings. The van der Waals surface area contributed by atoms with E-state index in [1.807, 2.05) is 0 Å². The zero-order valence-corrected chi connectivity index (χ0v) is 20.7. The molecule has 0 aromatic carbocycles. The van der Waals surface area contributed by atoms with Gasteiger partial charge in [-0.2, -0.15) is 0 Å². The largest absolute Gasteiger partial charge is 0.477 e. The zero-order chi connectivity index (χ0) is 26.3. The molecule has 36 heavy (non-hydrogen) atoms. The van der Waals surface area contributed by atoms with E-state index in [1.165, 1.54) is 45.5 Å². The summed E-state index contributed by atoms with van der Waals surface area (Å²) in [5.41, 5.74) is 1.06. The second-order valence-electron chi connectivity index (χ2n) is 8.38. The van der Waals surface area contributed by atoms with Crippen molar-refractivity contribution in [3.8, 4) is 0 Å². The van der Waals surface area contributed by atoms with Crippen molar-refractivity contribution in [1.29, 1.82) is 0 Å². The molecule has 4 aliphatic heterocycles. The number of carbonyl (C=O) groups excluding carboxylic acids is 4. The molecule has 0 radical (unpaired) electrons. The highest BCUT2D eigenvalue weighted by molar-refractivity contribution is 8.00. The van der Waals surface area contributed by atoms with Crippen molar-refractivity contribution in [1.82, 2.24) is 20.4 Å². The summed E-state index contributed by atoms with van der Waals surface area (Å²) in [5.74, 6) is -3.69. The lowest BCUT2D eigenvalue weighted by Crippen LogP contribution is -2.70. The highest BCUT2D eigenvalue weighted by Crippen LogP contribution is 2.41. The van der Waals surface area contributed by atoms with Gasteiger partial charge in [-0.15, -0.1) is 23.5 Å². The second kappa shape index (κ2) is 9.85. The molecule has 12 nitrogen and oxygen atoms in total. The number of carboxylic acids is 2. The quantitative estimate of drug-likeness (QED) is 0.191. The van der Waals surface area contributed by atoms with E-state index < -0.39 is 58.4 Å². The molecule has 4 aliphatic rings. The lowest BCUT2D eigenvalue weighted by Gasteiger charge is -2.49. The summed E-state index contributed by atoms with van der Waals surface area (Å²) in [7, 11) is 0. The molecule has 14 heteroatoms. The molecule has 0 unspecified atom stereocenters. The van der Waals surface area contributed by atoms with Gasteiger partial charge in [-0.1, -0.05) is 12.2 Å². The van der Waals surface area contributed by atoms with Crippen LogP contribution in [0.4, 0.5) is 0 Å². The van der Waals surface area contributed by atoms with Gasteiger partial charge in [0.25, 0.3) is 11.8 Å². The van der Waals surface area contributed by atoms with Gasteiger partial charge in [0.05, 0.1) is 0 Å². The number of aliphatic carboxylic acids is 2. The highest BCUT2D eigenvalue weighted by Gasteiger charge is 2.54. The zero-order valence-electron chi connectivity index (χ0n) is 19.1. The summed E-state index contributed by atoms with van der Waals surface area (Å²) in [4.78, 5) is 74.4. The smallest absolute Gasteiger partial charge is 0.352 e. The first-order valence-corrected chi connectivity index (χ1v) is 12.8. The van der Waals surface area contributed by atoms with E-state index in [1.54, 1.807) is 13.8 Å². The number of nitrogens with zero attached hydrogens (tertiary/aromatic N) is 2. The molecule has 0 bridgehead atoms. The SMILES string of the molecule is CC1=C(C(=O)O)N2C(=O)[C@@H](NC(=O)/C=C/C=C/C(=O)N[C@@H]3C(=O)N4C(C(=O)O)=C(C)CS[C@H]34)[C@H]2SC1. The van der Waals surface area contributed by atoms with Crippen molar-refractivity contribution in [2.45, 2.75) is 36.7 Å². The Morgan fingerprint density at radius 1 is 0.778 bits per heavy atom. The number of nitrogens with one attached hydrogen (secondary N) is 2. The van der Waals surface area contributed by atoms with Crippen LogP contribution in [0.3, 0.4) is 0 Å². The van der Waals surface area contributed by atoms with Gasteiger partial charge in [0, 0.05) is 23.7 Å². The fraction of sp³-hybridized carbons (Fsp3) is 0.364. The van der Waals surface area contributed by atoms with Crippen LogP contribution in [0.2, 0.25) is 0 Å². The number of hydrogen-bond donors (Lipinski definition) is 4. The Labute approximate surface area is 213 Å². The topological polar surface area (TPSA) is 173 Å². The number of thioether (sulfide) groups is 2. The summed E-state index contributed by atoms with van der Waals surface area (Å²) in [5, 5.41) is 22.8. The van der Waals surface area contributed by atoms with E-state index in [4.69, 9.17) is 0 Å². The fourth-order valence-electron chi connectivity index (χ4n) is 4.24. The maximum Gasteiger partial charge on any atom is 0.352 e. The molecule has 0 aliphatic carbocycles. The number of hydrogen-bond acceptors (Lipinski definition) is 8. The molecule has 2 saturated heterocycles. The Hall–Kier alpha value is -3.52. The normalized spacial score (nSPS) is 27.5. The predicted octanol–water partition coefficient (Wildman–Crippen LogP) is -0.384. The van der Waals surface area contributed by atoms with Crippen LogP contribution in [0.1, 0.15) is 13.8 Å². The highest BCUT2D eigenvalue weighted by atomic mass is 32.2. The van der Waals surface area contributed by atoms with Crippen LogP contribution in [0, 0.1) is 0 Å². The van der Waals surface area contributed by atoms with Gasteiger partial charge in [-0.3, -0.25) is 29.0 Å². The Balaban J connectivity index is 1.26. The number of fused-ring (bicyclic) bond motifs is 2. The Bertz CT molecular complexity index is 1110. The monoisotopic (exact) mass is 534 g/mol. The summed E-state index contributed by atoms with van der Waals surface area (Å²) in [6.45, 7) is 3.29. The predicted molar refractivity (Wildman–Crippen MR) is 129 cm³/mol. The van der Waals surface area contributed by atoms with Crippen LogP contribution in [-0.2, 0) is 28.8 Å². The molecular formula is C22H22N4O8S2. The first-order valence-electron chi connectivity index (χ1n) is 10.7. The summed E-state index contributed by atoms with van der Waals surface area (Å²) < 4.78 is 0. The van der Waals surface area contributed by atoms with Gasteiger partial charge < -0.3 is 20.8 Å². The number of amides is 4. The van der Waals surface area contributed by atoms with Gasteiger partial charge in [0.1, 0.15) is 34.2 Å². The average molecular weight is 535 g/mol. The fourth-order valence-corrected chi connectivity index (χ4v) is 6.82. The van der Waals surface area contributed by atoms with Crippen LogP contribution in [0.15, 0.2) is 46.8 Å². The van der Waals surface area contributed by atoms with Crippen molar-refractivity contribution < 1.29 is 39.0 Å². The van der Waals surface area contributed by atoms with E-state index in [0.717, 1.165) is 12.2 Å². The molecule has 4 amide bonds. The van der Waals surface area contributed by atoms with Crippen LogP contribution < -0.4 is 10.6 Å². The van der Waals surface area contributed by atoms with Gasteiger partial charge in [-0.25, -0.2) is 9.59 Å². The molecule has 4 rings (SSSR count). The van der Waals surface area contributed by atoms with E-state index in [0.29, 0.717) is 22.7 Å². The molecule has 2 fully saturated rings. The number of allylic oxidation sites excluding steroid dienone is 2. The minimum Gasteiger partial charge on any atom is -0.477 e. The lowest BCUT2D eigenvalue weighted by atomic mass is 10.0. The first kappa shape index (κ1) is 25.6. The molecule has 4 N–H and O–H groups in total. The number of β-lactam (4-membered cyclic amide) rings is 2. The van der Waals surface area contributed by atoms with Crippen molar-refractivity contribution in [2.75, 3.05) is 11.5 Å². The summed E-state index contributed by atoms with van der Waals surface area (Å²) >= 11 is 2.72. The summed E-state index contributed by atoms with van der Waals surface area (Å²) in [6, 6.07) is -1.70. The van der Waals surface area contributed by atoms with Crippen molar-refractivity contribution in [2.24, 2.45) is 0 Å². The average Bonchev–Trinajstić information content (AvgIpc) is 2.82. The maximum absolute atomic E-state index is 12.4. The number of carboxylic acid groups (broad SMARTS) is 2. The maximum atomic E-state index is 12.4. The molecule has 4 heterocycles. The third-order valence-electron chi connectivity index (χ3n) is 5.92. The van der Waals surface area contributed by atoms with E-state index >= 15 is 0 Å². The second-order valence-corrected chi connectivity index (χ2v) is 10.6. The molecule has 0 spiro atoms. The van der Waals surface area contributed by atoms with Gasteiger partial charge in [0.2, 0.25) is 11.8 Å². The molecule has 0 saturated carbocycles. The Morgan fingerprint density at radius 2 is 1.14 bits per heavy atom. The van der Waals surface area contributed by atoms with Crippen molar-refractivity contribution in [3.05, 3.63) is 46.8 Å². The van der Waals surface area contributed by atoms with Gasteiger partial charge in [0.15, 0.2) is 0 Å². The van der Waals surface area contributed by atoms with Crippen LogP contribution in [0.5, 0.6) is 0 Å². The van der Waals surface area contributed by atoms with E-state index in [-0.39, 0.29) is 11.4 Å². The van der Waals surface area contributed by atoms with Crippen LogP contribution in [0.25, 0.3) is 0 Å². The lowest BCUT2D eigenvalue weighted by molar-refractivity contribution is -0.150. The standard InChI is InChI=1S/C22H22N4O8S2/c1-9-7-35-19-13(17(29)25(19)15(9)21(31)32)23-11(27)5-3-4-6-12(28)24-14-18(30)26-16(22(33)34)10(2)8-36-20(14)26/h3-6,13-14,19-20H,7-8H2,1-2H3,(H,23,27)(H,24,28)(H,31,32)(H,33,34)/b5-3+,6-4+/t13-,14-,19-,20-/m1/s1. The van der Waals surface area contributed by atoms with Gasteiger partial charge in [-0.05, 0) is 25.0 Å². The van der Waals surface area contributed by atoms with E-state index in [9.17, 15) is 39.0 Å². The molecule has 0 aromatic heterocycles. The number of carbonyl (C=O) groups is 6. The first-order chi connectivity index (χ1) is 17.0. The molecular weight excluding hydrogens is 512 g/mol.